The van der Waals surface area contributed by atoms with Crippen molar-refractivity contribution in [1.82, 2.24) is 29.9 Å². The van der Waals surface area contributed by atoms with Gasteiger partial charge < -0.3 is 5.32 Å². The molecule has 7 nitrogen and oxygen atoms in total. The zero-order valence-corrected chi connectivity index (χ0v) is 12.1. The molecule has 1 N–H and O–H groups in total. The highest BCUT2D eigenvalue weighted by molar-refractivity contribution is 5.75. The zero-order valence-electron chi connectivity index (χ0n) is 12.1. The van der Waals surface area contributed by atoms with E-state index in [9.17, 15) is 4.79 Å². The molecule has 2 aromatic heterocycles. The Labute approximate surface area is 118 Å². The number of aromatic nitrogens is 5. The Morgan fingerprint density at radius 3 is 2.80 bits per heavy atom. The lowest BCUT2D eigenvalue weighted by Crippen LogP contribution is -2.31. The first kappa shape index (κ1) is 14.2. The van der Waals surface area contributed by atoms with Crippen molar-refractivity contribution in [3.05, 3.63) is 29.6 Å². The van der Waals surface area contributed by atoms with Crippen molar-refractivity contribution >= 4 is 5.91 Å². The van der Waals surface area contributed by atoms with Gasteiger partial charge in [0.1, 0.15) is 19.2 Å². The highest BCUT2D eigenvalue weighted by Gasteiger charge is 2.12. The minimum Gasteiger partial charge on any atom is -0.353 e. The first-order valence-electron chi connectivity index (χ1n) is 6.73. The Hall–Kier alpha value is -2.18. The van der Waals surface area contributed by atoms with E-state index in [-0.39, 0.29) is 12.5 Å². The topological polar surface area (TPSA) is 77.6 Å². The number of nitrogens with one attached hydrogen (secondary N) is 1. The first-order valence-corrected chi connectivity index (χ1v) is 6.73. The van der Waals surface area contributed by atoms with Gasteiger partial charge in [0.15, 0.2) is 0 Å². The van der Waals surface area contributed by atoms with E-state index in [1.54, 1.807) is 15.7 Å². The van der Waals surface area contributed by atoms with Crippen LogP contribution in [0.4, 0.5) is 0 Å². The standard InChI is InChI=1S/C13H20N6O/c1-4-12-10(2)17-19(11(12)3)7-13(20)15-5-6-18-9-14-8-16-18/h8-9H,4-7H2,1-3H3,(H,15,20). The van der Waals surface area contributed by atoms with Crippen molar-refractivity contribution in [2.45, 2.75) is 40.3 Å². The van der Waals surface area contributed by atoms with Crippen LogP contribution in [0.5, 0.6) is 0 Å². The van der Waals surface area contributed by atoms with Crippen molar-refractivity contribution in [3.8, 4) is 0 Å². The summed E-state index contributed by atoms with van der Waals surface area (Å²) in [6, 6.07) is 0. The van der Waals surface area contributed by atoms with Gasteiger partial charge >= 0.3 is 0 Å². The van der Waals surface area contributed by atoms with Gasteiger partial charge in [-0.05, 0) is 25.8 Å². The number of aryl methyl sites for hydroxylation is 1. The molecule has 0 bridgehead atoms. The Kier molecular flexibility index (Phi) is 4.49. The van der Waals surface area contributed by atoms with Crippen LogP contribution in [0, 0.1) is 13.8 Å². The summed E-state index contributed by atoms with van der Waals surface area (Å²) in [5.74, 6) is -0.0432. The zero-order chi connectivity index (χ0) is 14.5. The number of nitrogens with zero attached hydrogens (tertiary/aromatic N) is 5. The molecule has 2 rings (SSSR count). The highest BCUT2D eigenvalue weighted by Crippen LogP contribution is 2.13. The maximum absolute atomic E-state index is 11.9. The van der Waals surface area contributed by atoms with Crippen LogP contribution >= 0.6 is 0 Å². The monoisotopic (exact) mass is 276 g/mol. The summed E-state index contributed by atoms with van der Waals surface area (Å²) in [5, 5.41) is 11.2. The maximum Gasteiger partial charge on any atom is 0.241 e. The van der Waals surface area contributed by atoms with Crippen molar-refractivity contribution < 1.29 is 4.79 Å². The molecule has 2 heterocycles. The fourth-order valence-corrected chi connectivity index (χ4v) is 2.25. The number of hydrogen-bond donors (Lipinski definition) is 1. The summed E-state index contributed by atoms with van der Waals surface area (Å²) >= 11 is 0. The van der Waals surface area contributed by atoms with E-state index >= 15 is 0 Å². The molecule has 0 unspecified atom stereocenters. The average molecular weight is 276 g/mol. The molecule has 20 heavy (non-hydrogen) atoms. The van der Waals surface area contributed by atoms with E-state index in [1.165, 1.54) is 11.9 Å². The molecule has 0 fully saturated rings. The molecule has 7 heteroatoms. The van der Waals surface area contributed by atoms with Crippen LogP contribution in [-0.4, -0.2) is 37.0 Å². The van der Waals surface area contributed by atoms with Crippen LogP contribution in [0.1, 0.15) is 23.9 Å². The normalized spacial score (nSPS) is 10.8. The van der Waals surface area contributed by atoms with Crippen LogP contribution in [0.2, 0.25) is 0 Å². The van der Waals surface area contributed by atoms with E-state index in [0.717, 1.165) is 17.8 Å². The fourth-order valence-electron chi connectivity index (χ4n) is 2.25. The third kappa shape index (κ3) is 3.23. The molecule has 0 saturated heterocycles. The fraction of sp³-hybridized carbons (Fsp3) is 0.538. The third-order valence-corrected chi connectivity index (χ3v) is 3.31. The van der Waals surface area contributed by atoms with Crippen LogP contribution < -0.4 is 5.32 Å². The number of amides is 1. The first-order chi connectivity index (χ1) is 9.61. The van der Waals surface area contributed by atoms with Gasteiger partial charge in [0.2, 0.25) is 5.91 Å². The summed E-state index contributed by atoms with van der Waals surface area (Å²) < 4.78 is 3.44. The molecule has 0 aliphatic heterocycles. The van der Waals surface area contributed by atoms with Crippen LogP contribution in [0.25, 0.3) is 0 Å². The summed E-state index contributed by atoms with van der Waals surface area (Å²) in [6.45, 7) is 7.47. The van der Waals surface area contributed by atoms with Gasteiger partial charge in [-0.1, -0.05) is 6.92 Å². The molecule has 108 valence electrons. The van der Waals surface area contributed by atoms with Crippen LogP contribution in [-0.2, 0) is 24.3 Å². The second kappa shape index (κ2) is 6.31. The summed E-state index contributed by atoms with van der Waals surface area (Å²) in [5.41, 5.74) is 3.29. The molecule has 2 aromatic rings. The summed E-state index contributed by atoms with van der Waals surface area (Å²) in [4.78, 5) is 15.7. The Morgan fingerprint density at radius 1 is 1.40 bits per heavy atom. The van der Waals surface area contributed by atoms with Crippen molar-refractivity contribution in [3.63, 3.8) is 0 Å². The van der Waals surface area contributed by atoms with E-state index in [4.69, 9.17) is 0 Å². The summed E-state index contributed by atoms with van der Waals surface area (Å²) in [6.07, 6.45) is 4.04. The molecule has 0 aliphatic rings. The number of carbonyl (C=O) groups excluding carboxylic acids is 1. The molecular weight excluding hydrogens is 256 g/mol. The Morgan fingerprint density at radius 2 is 2.20 bits per heavy atom. The van der Waals surface area contributed by atoms with Crippen LogP contribution in [0.15, 0.2) is 12.7 Å². The Bertz CT molecular complexity index is 572. The lowest BCUT2D eigenvalue weighted by Gasteiger charge is -2.07. The minimum atomic E-state index is -0.0432. The van der Waals surface area contributed by atoms with Gasteiger partial charge in [0.05, 0.1) is 12.2 Å². The quantitative estimate of drug-likeness (QED) is 0.832. The SMILES string of the molecule is CCc1c(C)nn(CC(=O)NCCn2cncn2)c1C. The van der Waals surface area contributed by atoms with Crippen molar-refractivity contribution in [2.24, 2.45) is 0 Å². The second-order valence-electron chi connectivity index (χ2n) is 4.67. The van der Waals surface area contributed by atoms with Gasteiger partial charge in [-0.25, -0.2) is 4.98 Å². The molecule has 0 spiro atoms. The Balaban J connectivity index is 1.85. The summed E-state index contributed by atoms with van der Waals surface area (Å²) in [7, 11) is 0. The van der Waals surface area contributed by atoms with E-state index in [1.807, 2.05) is 13.8 Å². The average Bonchev–Trinajstić information content (AvgIpc) is 2.99. The van der Waals surface area contributed by atoms with E-state index < -0.39 is 0 Å². The highest BCUT2D eigenvalue weighted by atomic mass is 16.2. The third-order valence-electron chi connectivity index (χ3n) is 3.31. The molecule has 0 aromatic carbocycles. The number of carbonyl (C=O) groups is 1. The van der Waals surface area contributed by atoms with Gasteiger partial charge in [0, 0.05) is 12.2 Å². The molecule has 0 saturated carbocycles. The predicted octanol–water partition coefficient (Wildman–Crippen LogP) is 0.470. The molecule has 0 atom stereocenters. The van der Waals surface area contributed by atoms with Gasteiger partial charge in [-0.15, -0.1) is 0 Å². The molecule has 0 aliphatic carbocycles. The van der Waals surface area contributed by atoms with E-state index in [2.05, 4.69) is 27.4 Å². The smallest absolute Gasteiger partial charge is 0.241 e. The van der Waals surface area contributed by atoms with Crippen molar-refractivity contribution in [1.29, 1.82) is 0 Å². The number of rotatable bonds is 6. The molecule has 1 amide bonds. The van der Waals surface area contributed by atoms with Crippen molar-refractivity contribution in [2.75, 3.05) is 6.54 Å². The minimum absolute atomic E-state index is 0.0432. The van der Waals surface area contributed by atoms with Crippen LogP contribution in [0.3, 0.4) is 0 Å². The largest absolute Gasteiger partial charge is 0.353 e. The lowest BCUT2D eigenvalue weighted by atomic mass is 10.1. The second-order valence-corrected chi connectivity index (χ2v) is 4.67. The molecule has 0 radical (unpaired) electrons. The predicted molar refractivity (Wildman–Crippen MR) is 74.1 cm³/mol. The number of hydrogen-bond acceptors (Lipinski definition) is 4. The van der Waals surface area contributed by atoms with Gasteiger partial charge in [-0.2, -0.15) is 10.2 Å². The van der Waals surface area contributed by atoms with E-state index in [0.29, 0.717) is 13.1 Å². The van der Waals surface area contributed by atoms with Gasteiger partial charge in [0.25, 0.3) is 0 Å². The molecular formula is C13H20N6O. The van der Waals surface area contributed by atoms with Gasteiger partial charge in [-0.3, -0.25) is 14.2 Å². The maximum atomic E-state index is 11.9. The lowest BCUT2D eigenvalue weighted by molar-refractivity contribution is -0.121.